The summed E-state index contributed by atoms with van der Waals surface area (Å²) in [5.41, 5.74) is 1.88. The molecule has 0 aliphatic heterocycles. The Hall–Kier alpha value is -2.30. The first-order valence-corrected chi connectivity index (χ1v) is 7.78. The van der Waals surface area contributed by atoms with Crippen molar-refractivity contribution < 1.29 is 0 Å². The fourth-order valence-corrected chi connectivity index (χ4v) is 2.38. The molecule has 0 bridgehead atoms. The maximum absolute atomic E-state index is 6.15. The zero-order valence-corrected chi connectivity index (χ0v) is 13.6. The quantitative estimate of drug-likeness (QED) is 0.672. The van der Waals surface area contributed by atoms with Gasteiger partial charge in [0.2, 0.25) is 0 Å². The van der Waals surface area contributed by atoms with Gasteiger partial charge in [-0.05, 0) is 23.8 Å². The van der Waals surface area contributed by atoms with Gasteiger partial charge in [0.15, 0.2) is 0 Å². The highest BCUT2D eigenvalue weighted by Gasteiger charge is 2.04. The average Bonchev–Trinajstić information content (AvgIpc) is 2.58. The molecule has 3 aromatic rings. The van der Waals surface area contributed by atoms with Crippen LogP contribution >= 0.6 is 23.2 Å². The maximum atomic E-state index is 6.15. The lowest BCUT2D eigenvalue weighted by atomic mass is 10.2. The topological polar surface area (TPSA) is 49.8 Å². The van der Waals surface area contributed by atoms with E-state index in [1.165, 1.54) is 11.9 Å². The Morgan fingerprint density at radius 2 is 1.65 bits per heavy atom. The van der Waals surface area contributed by atoms with Gasteiger partial charge in [-0.1, -0.05) is 53.5 Å². The molecule has 0 unspecified atom stereocenters. The van der Waals surface area contributed by atoms with Gasteiger partial charge in [-0.2, -0.15) is 0 Å². The van der Waals surface area contributed by atoms with Crippen LogP contribution in [-0.4, -0.2) is 9.97 Å². The van der Waals surface area contributed by atoms with Gasteiger partial charge in [0.25, 0.3) is 0 Å². The summed E-state index contributed by atoms with van der Waals surface area (Å²) in [5, 5.41) is 7.59. The molecule has 3 rings (SSSR count). The molecule has 0 saturated carbocycles. The van der Waals surface area contributed by atoms with Crippen LogP contribution in [0.2, 0.25) is 10.0 Å². The van der Waals surface area contributed by atoms with Crippen molar-refractivity contribution in [2.24, 2.45) is 0 Å². The molecule has 0 radical (unpaired) electrons. The van der Waals surface area contributed by atoms with Crippen LogP contribution in [0.15, 0.2) is 60.9 Å². The van der Waals surface area contributed by atoms with Crippen LogP contribution in [0.5, 0.6) is 0 Å². The molecule has 1 aromatic heterocycles. The second-order valence-electron chi connectivity index (χ2n) is 4.88. The number of rotatable bonds is 5. The smallest absolute Gasteiger partial charge is 0.135 e. The van der Waals surface area contributed by atoms with Gasteiger partial charge in [-0.3, -0.25) is 0 Å². The highest BCUT2D eigenvalue weighted by atomic mass is 35.5. The van der Waals surface area contributed by atoms with E-state index in [0.717, 1.165) is 5.82 Å². The largest absolute Gasteiger partial charge is 0.366 e. The van der Waals surface area contributed by atoms with E-state index < -0.39 is 0 Å². The lowest BCUT2D eigenvalue weighted by molar-refractivity contribution is 1.08. The number of halogens is 2. The minimum Gasteiger partial charge on any atom is -0.366 e. The molecule has 4 nitrogen and oxygen atoms in total. The van der Waals surface area contributed by atoms with E-state index in [1.54, 1.807) is 18.2 Å². The number of hydrogen-bond acceptors (Lipinski definition) is 4. The van der Waals surface area contributed by atoms with Crippen molar-refractivity contribution in [3.63, 3.8) is 0 Å². The molecular formula is C17H14Cl2N4. The molecule has 1 heterocycles. The molecule has 23 heavy (non-hydrogen) atoms. The van der Waals surface area contributed by atoms with Gasteiger partial charge < -0.3 is 10.6 Å². The number of benzene rings is 2. The van der Waals surface area contributed by atoms with Gasteiger partial charge >= 0.3 is 0 Å². The van der Waals surface area contributed by atoms with Gasteiger partial charge in [-0.25, -0.2) is 9.97 Å². The highest BCUT2D eigenvalue weighted by Crippen LogP contribution is 2.28. The lowest BCUT2D eigenvalue weighted by Gasteiger charge is -2.10. The minimum atomic E-state index is 0.576. The van der Waals surface area contributed by atoms with E-state index in [1.807, 2.05) is 24.3 Å². The third-order valence-electron chi connectivity index (χ3n) is 3.17. The zero-order valence-electron chi connectivity index (χ0n) is 12.1. The third-order valence-corrected chi connectivity index (χ3v) is 3.74. The van der Waals surface area contributed by atoms with Crippen molar-refractivity contribution >= 4 is 40.5 Å². The summed E-state index contributed by atoms with van der Waals surface area (Å²) in [5.74, 6) is 1.37. The van der Waals surface area contributed by atoms with Gasteiger partial charge in [0.05, 0.1) is 10.7 Å². The van der Waals surface area contributed by atoms with Crippen molar-refractivity contribution in [3.8, 4) is 0 Å². The Balaban J connectivity index is 1.71. The average molecular weight is 345 g/mol. The molecular weight excluding hydrogens is 331 g/mol. The monoisotopic (exact) mass is 344 g/mol. The Labute approximate surface area is 144 Å². The second kappa shape index (κ2) is 7.31. The maximum Gasteiger partial charge on any atom is 0.135 e. The number of hydrogen-bond donors (Lipinski definition) is 2. The fourth-order valence-electron chi connectivity index (χ4n) is 2.04. The van der Waals surface area contributed by atoms with Crippen LogP contribution < -0.4 is 10.6 Å². The first-order chi connectivity index (χ1) is 11.2. The predicted octanol–water partition coefficient (Wildman–Crippen LogP) is 5.14. The molecule has 0 atom stereocenters. The number of aromatic nitrogens is 2. The van der Waals surface area contributed by atoms with Crippen molar-refractivity contribution in [2.75, 3.05) is 10.6 Å². The van der Waals surface area contributed by atoms with Crippen molar-refractivity contribution in [1.29, 1.82) is 0 Å². The Morgan fingerprint density at radius 3 is 2.48 bits per heavy atom. The van der Waals surface area contributed by atoms with Gasteiger partial charge in [-0.15, -0.1) is 0 Å². The van der Waals surface area contributed by atoms with E-state index in [4.69, 9.17) is 23.2 Å². The summed E-state index contributed by atoms with van der Waals surface area (Å²) in [6, 6.07) is 17.2. The molecule has 116 valence electrons. The summed E-state index contributed by atoms with van der Waals surface area (Å²) < 4.78 is 0. The van der Waals surface area contributed by atoms with Crippen LogP contribution in [0, 0.1) is 0 Å². The van der Waals surface area contributed by atoms with Crippen LogP contribution in [0.4, 0.5) is 17.3 Å². The van der Waals surface area contributed by atoms with E-state index in [0.29, 0.717) is 28.1 Å². The zero-order chi connectivity index (χ0) is 16.1. The standard InChI is InChI=1S/C17H14Cl2N4/c18-13-6-7-14(19)15(8-13)23-17-9-16(21-11-22-17)20-10-12-4-2-1-3-5-12/h1-9,11H,10H2,(H2,20,21,22,23). The molecule has 0 spiro atoms. The molecule has 0 fully saturated rings. The van der Waals surface area contributed by atoms with Crippen LogP contribution in [0.3, 0.4) is 0 Å². The summed E-state index contributed by atoms with van der Waals surface area (Å²) in [6.45, 7) is 0.690. The van der Waals surface area contributed by atoms with Crippen molar-refractivity contribution in [3.05, 3.63) is 76.5 Å². The first-order valence-electron chi connectivity index (χ1n) is 7.02. The Bertz CT molecular complexity index is 794. The number of anilines is 3. The fraction of sp³-hybridized carbons (Fsp3) is 0.0588. The van der Waals surface area contributed by atoms with Gasteiger partial charge in [0.1, 0.15) is 18.0 Å². The Kier molecular flexibility index (Phi) is 4.95. The third kappa shape index (κ3) is 4.34. The minimum absolute atomic E-state index is 0.576. The lowest BCUT2D eigenvalue weighted by Crippen LogP contribution is -2.03. The van der Waals surface area contributed by atoms with E-state index in [-0.39, 0.29) is 0 Å². The normalized spacial score (nSPS) is 10.3. The molecule has 6 heteroatoms. The van der Waals surface area contributed by atoms with Crippen molar-refractivity contribution in [2.45, 2.75) is 6.54 Å². The molecule has 2 aromatic carbocycles. The van der Waals surface area contributed by atoms with E-state index in [2.05, 4.69) is 32.7 Å². The summed E-state index contributed by atoms with van der Waals surface area (Å²) in [6.07, 6.45) is 1.49. The van der Waals surface area contributed by atoms with Gasteiger partial charge in [0, 0.05) is 17.6 Å². The summed E-state index contributed by atoms with van der Waals surface area (Å²) >= 11 is 12.1. The molecule has 0 amide bonds. The molecule has 0 aliphatic carbocycles. The molecule has 2 N–H and O–H groups in total. The van der Waals surface area contributed by atoms with Crippen LogP contribution in [0.25, 0.3) is 0 Å². The SMILES string of the molecule is Clc1ccc(Cl)c(Nc2cc(NCc3ccccc3)ncn2)c1. The van der Waals surface area contributed by atoms with Crippen LogP contribution in [-0.2, 0) is 6.54 Å². The van der Waals surface area contributed by atoms with Crippen LogP contribution in [0.1, 0.15) is 5.56 Å². The molecule has 0 saturated heterocycles. The second-order valence-corrected chi connectivity index (χ2v) is 5.72. The number of nitrogens with zero attached hydrogens (tertiary/aromatic N) is 2. The Morgan fingerprint density at radius 1 is 0.870 bits per heavy atom. The summed E-state index contributed by atoms with van der Waals surface area (Å²) in [4.78, 5) is 8.41. The highest BCUT2D eigenvalue weighted by molar-refractivity contribution is 6.35. The van der Waals surface area contributed by atoms with Crippen molar-refractivity contribution in [1.82, 2.24) is 9.97 Å². The number of nitrogens with one attached hydrogen (secondary N) is 2. The molecule has 0 aliphatic rings. The first kappa shape index (κ1) is 15.6. The van der Waals surface area contributed by atoms with E-state index >= 15 is 0 Å². The predicted molar refractivity (Wildman–Crippen MR) is 95.5 cm³/mol. The summed E-state index contributed by atoms with van der Waals surface area (Å²) in [7, 11) is 0. The van der Waals surface area contributed by atoms with E-state index in [9.17, 15) is 0 Å².